The number of aromatic nitrogens is 4. The summed E-state index contributed by atoms with van der Waals surface area (Å²) < 4.78 is 0. The lowest BCUT2D eigenvalue weighted by atomic mass is 9.91. The SMILES string of the molecule is Cn1nnc(CN(CCO)C2CCC2)n1. The van der Waals surface area contributed by atoms with Gasteiger partial charge in [0.1, 0.15) is 0 Å². The van der Waals surface area contributed by atoms with Crippen molar-refractivity contribution < 1.29 is 5.11 Å². The quantitative estimate of drug-likeness (QED) is 0.715. The monoisotopic (exact) mass is 211 g/mol. The second-order valence-corrected chi connectivity index (χ2v) is 3.97. The Hall–Kier alpha value is -1.01. The Bertz CT molecular complexity index is 309. The zero-order chi connectivity index (χ0) is 10.7. The Morgan fingerprint density at radius 2 is 2.33 bits per heavy atom. The highest BCUT2D eigenvalue weighted by Gasteiger charge is 2.25. The third kappa shape index (κ3) is 2.51. The molecular weight excluding hydrogens is 194 g/mol. The van der Waals surface area contributed by atoms with Gasteiger partial charge in [0.2, 0.25) is 0 Å². The van der Waals surface area contributed by atoms with Crippen molar-refractivity contribution in [3.05, 3.63) is 5.82 Å². The van der Waals surface area contributed by atoms with Gasteiger partial charge in [0, 0.05) is 12.6 Å². The second kappa shape index (κ2) is 4.67. The molecule has 0 atom stereocenters. The Morgan fingerprint density at radius 3 is 2.80 bits per heavy atom. The molecular formula is C9H17N5O. The highest BCUT2D eigenvalue weighted by Crippen LogP contribution is 2.25. The maximum atomic E-state index is 8.99. The van der Waals surface area contributed by atoms with Crippen molar-refractivity contribution in [3.8, 4) is 0 Å². The summed E-state index contributed by atoms with van der Waals surface area (Å²) in [5.74, 6) is 0.734. The van der Waals surface area contributed by atoms with Gasteiger partial charge in [-0.3, -0.25) is 4.90 Å². The smallest absolute Gasteiger partial charge is 0.188 e. The van der Waals surface area contributed by atoms with Gasteiger partial charge in [0.05, 0.1) is 20.2 Å². The van der Waals surface area contributed by atoms with E-state index in [1.54, 1.807) is 7.05 Å². The molecule has 0 aromatic carbocycles. The first-order chi connectivity index (χ1) is 7.29. The van der Waals surface area contributed by atoms with Crippen LogP contribution in [0.3, 0.4) is 0 Å². The van der Waals surface area contributed by atoms with E-state index in [2.05, 4.69) is 20.3 Å². The molecule has 6 nitrogen and oxygen atoms in total. The maximum absolute atomic E-state index is 8.99. The van der Waals surface area contributed by atoms with Gasteiger partial charge in [-0.25, -0.2) is 0 Å². The van der Waals surface area contributed by atoms with Gasteiger partial charge in [-0.2, -0.15) is 4.80 Å². The van der Waals surface area contributed by atoms with Crippen LogP contribution in [0.2, 0.25) is 0 Å². The topological polar surface area (TPSA) is 67.1 Å². The summed E-state index contributed by atoms with van der Waals surface area (Å²) in [5.41, 5.74) is 0. The fourth-order valence-electron chi connectivity index (χ4n) is 1.84. The minimum absolute atomic E-state index is 0.191. The standard InChI is InChI=1S/C9H17N5O/c1-13-11-9(10-12-13)7-14(5-6-15)8-3-2-4-8/h8,15H,2-7H2,1H3. The highest BCUT2D eigenvalue weighted by atomic mass is 16.3. The molecule has 6 heteroatoms. The molecule has 84 valence electrons. The Morgan fingerprint density at radius 1 is 1.53 bits per heavy atom. The number of aryl methyl sites for hydroxylation is 1. The summed E-state index contributed by atoms with van der Waals surface area (Å²) in [4.78, 5) is 3.70. The van der Waals surface area contributed by atoms with Crippen LogP contribution in [0.15, 0.2) is 0 Å². The van der Waals surface area contributed by atoms with E-state index < -0.39 is 0 Å². The summed E-state index contributed by atoms with van der Waals surface area (Å²) in [7, 11) is 1.76. The third-order valence-corrected chi connectivity index (χ3v) is 2.87. The average Bonchev–Trinajstić information content (AvgIpc) is 2.48. The largest absolute Gasteiger partial charge is 0.395 e. The lowest BCUT2D eigenvalue weighted by molar-refractivity contribution is 0.0919. The lowest BCUT2D eigenvalue weighted by Crippen LogP contribution is -2.41. The van der Waals surface area contributed by atoms with Crippen LogP contribution in [0, 0.1) is 0 Å². The molecule has 2 rings (SSSR count). The molecule has 15 heavy (non-hydrogen) atoms. The van der Waals surface area contributed by atoms with Crippen LogP contribution in [0.5, 0.6) is 0 Å². The molecule has 0 aliphatic heterocycles. The van der Waals surface area contributed by atoms with Crippen molar-refractivity contribution in [2.24, 2.45) is 7.05 Å². The van der Waals surface area contributed by atoms with E-state index in [1.807, 2.05) is 0 Å². The Kier molecular flexibility index (Phi) is 3.27. The number of hydrogen-bond donors (Lipinski definition) is 1. The molecule has 0 spiro atoms. The van der Waals surface area contributed by atoms with Crippen molar-refractivity contribution in [1.29, 1.82) is 0 Å². The predicted octanol–water partition coefficient (Wildman–Crippen LogP) is -0.443. The third-order valence-electron chi connectivity index (χ3n) is 2.87. The highest BCUT2D eigenvalue weighted by molar-refractivity contribution is 4.85. The lowest BCUT2D eigenvalue weighted by Gasteiger charge is -2.36. The number of aliphatic hydroxyl groups excluding tert-OH is 1. The van der Waals surface area contributed by atoms with Gasteiger partial charge in [0.15, 0.2) is 5.82 Å². The molecule has 1 aliphatic rings. The minimum Gasteiger partial charge on any atom is -0.395 e. The molecule has 0 amide bonds. The first kappa shape index (κ1) is 10.5. The fraction of sp³-hybridized carbons (Fsp3) is 0.889. The number of rotatable bonds is 5. The number of tetrazole rings is 1. The second-order valence-electron chi connectivity index (χ2n) is 3.97. The minimum atomic E-state index is 0.191. The van der Waals surface area contributed by atoms with Crippen LogP contribution in [-0.2, 0) is 13.6 Å². The van der Waals surface area contributed by atoms with Gasteiger partial charge in [-0.15, -0.1) is 10.2 Å². The van der Waals surface area contributed by atoms with E-state index in [9.17, 15) is 0 Å². The fourth-order valence-corrected chi connectivity index (χ4v) is 1.84. The van der Waals surface area contributed by atoms with Gasteiger partial charge in [-0.1, -0.05) is 6.42 Å². The van der Waals surface area contributed by atoms with E-state index in [-0.39, 0.29) is 6.61 Å². The summed E-state index contributed by atoms with van der Waals surface area (Å²) in [6.45, 7) is 1.58. The van der Waals surface area contributed by atoms with Crippen molar-refractivity contribution in [1.82, 2.24) is 25.1 Å². The van der Waals surface area contributed by atoms with Gasteiger partial charge in [-0.05, 0) is 18.1 Å². The summed E-state index contributed by atoms with van der Waals surface area (Å²) >= 11 is 0. The van der Waals surface area contributed by atoms with Crippen molar-refractivity contribution in [2.75, 3.05) is 13.2 Å². The predicted molar refractivity (Wildman–Crippen MR) is 53.9 cm³/mol. The van der Waals surface area contributed by atoms with E-state index >= 15 is 0 Å². The van der Waals surface area contributed by atoms with Gasteiger partial charge >= 0.3 is 0 Å². The van der Waals surface area contributed by atoms with Gasteiger partial charge in [0.25, 0.3) is 0 Å². The molecule has 1 heterocycles. The molecule has 0 saturated heterocycles. The van der Waals surface area contributed by atoms with Crippen molar-refractivity contribution in [2.45, 2.75) is 31.8 Å². The van der Waals surface area contributed by atoms with Crippen molar-refractivity contribution >= 4 is 0 Å². The van der Waals surface area contributed by atoms with Crippen molar-refractivity contribution in [3.63, 3.8) is 0 Å². The van der Waals surface area contributed by atoms with Crippen LogP contribution >= 0.6 is 0 Å². The molecule has 1 saturated carbocycles. The van der Waals surface area contributed by atoms with Crippen LogP contribution in [0.25, 0.3) is 0 Å². The van der Waals surface area contributed by atoms with E-state index in [0.29, 0.717) is 19.1 Å². The maximum Gasteiger partial charge on any atom is 0.188 e. The normalized spacial score (nSPS) is 17.0. The number of aliphatic hydroxyl groups is 1. The number of hydrogen-bond acceptors (Lipinski definition) is 5. The average molecular weight is 211 g/mol. The molecule has 0 bridgehead atoms. The molecule has 0 radical (unpaired) electrons. The molecule has 1 aliphatic carbocycles. The van der Waals surface area contributed by atoms with Crippen LogP contribution in [0.4, 0.5) is 0 Å². The molecule has 1 aromatic heterocycles. The van der Waals surface area contributed by atoms with E-state index in [1.165, 1.54) is 24.1 Å². The number of nitrogens with zero attached hydrogens (tertiary/aromatic N) is 5. The Labute approximate surface area is 88.9 Å². The molecule has 1 N–H and O–H groups in total. The molecule has 1 fully saturated rings. The summed E-state index contributed by atoms with van der Waals surface area (Å²) in [6.07, 6.45) is 3.74. The van der Waals surface area contributed by atoms with Crippen LogP contribution in [-0.4, -0.2) is 49.4 Å². The zero-order valence-electron chi connectivity index (χ0n) is 9.00. The zero-order valence-corrected chi connectivity index (χ0v) is 9.00. The summed E-state index contributed by atoms with van der Waals surface area (Å²) in [5, 5.41) is 20.9. The first-order valence-corrected chi connectivity index (χ1v) is 5.37. The molecule has 1 aromatic rings. The van der Waals surface area contributed by atoms with Crippen LogP contribution < -0.4 is 0 Å². The van der Waals surface area contributed by atoms with E-state index in [4.69, 9.17) is 5.11 Å². The summed E-state index contributed by atoms with van der Waals surface area (Å²) in [6, 6.07) is 0.598. The Balaban J connectivity index is 1.93. The van der Waals surface area contributed by atoms with Gasteiger partial charge < -0.3 is 5.11 Å². The first-order valence-electron chi connectivity index (χ1n) is 5.37. The molecule has 0 unspecified atom stereocenters. The van der Waals surface area contributed by atoms with E-state index in [0.717, 1.165) is 5.82 Å². The van der Waals surface area contributed by atoms with Crippen LogP contribution in [0.1, 0.15) is 25.1 Å².